The van der Waals surface area contributed by atoms with Crippen LogP contribution in [0.3, 0.4) is 0 Å². The first-order valence-corrected chi connectivity index (χ1v) is 6.71. The Morgan fingerprint density at radius 3 is 2.80 bits per heavy atom. The molecule has 20 heavy (non-hydrogen) atoms. The molecule has 0 saturated carbocycles. The third-order valence-electron chi connectivity index (χ3n) is 2.75. The van der Waals surface area contributed by atoms with Gasteiger partial charge in [-0.2, -0.15) is 5.10 Å². The molecule has 1 aromatic heterocycles. The number of ether oxygens (including phenoxy) is 1. The summed E-state index contributed by atoms with van der Waals surface area (Å²) in [4.78, 5) is 4.21. The molecule has 8 heteroatoms. The Morgan fingerprint density at radius 2 is 2.20 bits per heavy atom. The predicted molar refractivity (Wildman–Crippen MR) is 71.1 cm³/mol. The Morgan fingerprint density at radius 1 is 1.45 bits per heavy atom. The van der Waals surface area contributed by atoms with Gasteiger partial charge in [0, 0.05) is 25.6 Å². The number of hydrogen-bond donors (Lipinski definition) is 2. The maximum Gasteiger partial charge on any atom is 0.261 e. The van der Waals surface area contributed by atoms with E-state index in [1.165, 1.54) is 6.33 Å². The van der Waals surface area contributed by atoms with Crippen molar-refractivity contribution >= 4 is 0 Å². The normalized spacial score (nSPS) is 13.3. The lowest BCUT2D eigenvalue weighted by Gasteiger charge is -2.16. The number of halogens is 2. The van der Waals surface area contributed by atoms with Gasteiger partial charge in [-0.25, -0.2) is 18.4 Å². The summed E-state index contributed by atoms with van der Waals surface area (Å²) in [6.07, 6.45) is 0.200. The monoisotopic (exact) mass is 291 g/mol. The van der Waals surface area contributed by atoms with Crippen molar-refractivity contribution in [3.05, 3.63) is 12.2 Å². The Bertz CT molecular complexity index is 372. The molecule has 0 aliphatic heterocycles. The van der Waals surface area contributed by atoms with E-state index in [-0.39, 0.29) is 12.6 Å². The second-order valence-corrected chi connectivity index (χ2v) is 5.07. The van der Waals surface area contributed by atoms with Crippen molar-refractivity contribution in [1.29, 1.82) is 0 Å². The average Bonchev–Trinajstić information content (AvgIpc) is 2.79. The maximum atomic E-state index is 11.9. The number of hydrazine groups is 1. The molecule has 0 aliphatic carbocycles. The number of nitrogens with one attached hydrogen (secondary N) is 1. The summed E-state index contributed by atoms with van der Waals surface area (Å²) in [6.45, 7) is 4.68. The van der Waals surface area contributed by atoms with Gasteiger partial charge in [-0.15, -0.1) is 0 Å². The van der Waals surface area contributed by atoms with Gasteiger partial charge in [-0.1, -0.05) is 13.8 Å². The van der Waals surface area contributed by atoms with Crippen LogP contribution in [0.1, 0.15) is 26.1 Å². The van der Waals surface area contributed by atoms with E-state index in [4.69, 9.17) is 10.6 Å². The molecule has 1 unspecified atom stereocenters. The van der Waals surface area contributed by atoms with Crippen LogP contribution in [0.4, 0.5) is 8.78 Å². The molecule has 0 aromatic carbocycles. The molecule has 0 spiro atoms. The Balaban J connectivity index is 2.41. The fourth-order valence-corrected chi connectivity index (χ4v) is 1.81. The predicted octanol–water partition coefficient (Wildman–Crippen LogP) is 0.980. The maximum absolute atomic E-state index is 11.9. The third kappa shape index (κ3) is 6.36. The minimum atomic E-state index is -2.44. The summed E-state index contributed by atoms with van der Waals surface area (Å²) in [5, 5.41) is 4.17. The molecule has 1 heterocycles. The van der Waals surface area contributed by atoms with Crippen LogP contribution in [0.15, 0.2) is 6.33 Å². The fourth-order valence-electron chi connectivity index (χ4n) is 1.81. The molecule has 1 rings (SSSR count). The molecule has 0 fully saturated rings. The van der Waals surface area contributed by atoms with Crippen LogP contribution in [-0.2, 0) is 17.7 Å². The SMILES string of the molecule is CC(C)Cn1ncnc1CC(CCOCC(F)F)NN. The van der Waals surface area contributed by atoms with Crippen LogP contribution in [0, 0.1) is 5.92 Å². The van der Waals surface area contributed by atoms with Gasteiger partial charge in [0.2, 0.25) is 0 Å². The van der Waals surface area contributed by atoms with E-state index in [9.17, 15) is 8.78 Å². The van der Waals surface area contributed by atoms with Crippen LogP contribution in [-0.4, -0.2) is 40.4 Å². The summed E-state index contributed by atoms with van der Waals surface area (Å²) in [7, 11) is 0. The van der Waals surface area contributed by atoms with Gasteiger partial charge in [0.1, 0.15) is 18.8 Å². The van der Waals surface area contributed by atoms with Crippen molar-refractivity contribution in [2.24, 2.45) is 11.8 Å². The highest BCUT2D eigenvalue weighted by Crippen LogP contribution is 2.06. The minimum absolute atomic E-state index is 0.0808. The van der Waals surface area contributed by atoms with Crippen molar-refractivity contribution in [1.82, 2.24) is 20.2 Å². The van der Waals surface area contributed by atoms with Gasteiger partial charge < -0.3 is 4.74 Å². The van der Waals surface area contributed by atoms with Crippen LogP contribution in [0.2, 0.25) is 0 Å². The van der Waals surface area contributed by atoms with Gasteiger partial charge in [0.15, 0.2) is 0 Å². The Hall–Kier alpha value is -1.12. The molecule has 1 aromatic rings. The smallest absolute Gasteiger partial charge is 0.261 e. The second kappa shape index (κ2) is 8.93. The van der Waals surface area contributed by atoms with Crippen LogP contribution >= 0.6 is 0 Å². The second-order valence-electron chi connectivity index (χ2n) is 5.07. The van der Waals surface area contributed by atoms with E-state index in [0.29, 0.717) is 18.8 Å². The first-order chi connectivity index (χ1) is 9.52. The van der Waals surface area contributed by atoms with Gasteiger partial charge in [-0.3, -0.25) is 11.3 Å². The number of aromatic nitrogens is 3. The lowest BCUT2D eigenvalue weighted by atomic mass is 10.1. The number of nitrogens with two attached hydrogens (primary N) is 1. The number of nitrogens with zero attached hydrogens (tertiary/aromatic N) is 3. The van der Waals surface area contributed by atoms with E-state index in [1.807, 2.05) is 4.68 Å². The molecule has 0 radical (unpaired) electrons. The van der Waals surface area contributed by atoms with E-state index in [2.05, 4.69) is 29.4 Å². The molecular weight excluding hydrogens is 268 g/mol. The highest BCUT2D eigenvalue weighted by molar-refractivity contribution is 4.89. The van der Waals surface area contributed by atoms with E-state index >= 15 is 0 Å². The topological polar surface area (TPSA) is 78.0 Å². The highest BCUT2D eigenvalue weighted by Gasteiger charge is 2.14. The lowest BCUT2D eigenvalue weighted by Crippen LogP contribution is -2.38. The van der Waals surface area contributed by atoms with Gasteiger partial charge in [-0.05, 0) is 12.3 Å². The molecule has 0 saturated heterocycles. The lowest BCUT2D eigenvalue weighted by molar-refractivity contribution is 0.0143. The van der Waals surface area contributed by atoms with Gasteiger partial charge in [0.25, 0.3) is 6.43 Å². The third-order valence-corrected chi connectivity index (χ3v) is 2.75. The minimum Gasteiger partial charge on any atom is -0.375 e. The summed E-state index contributed by atoms with van der Waals surface area (Å²) >= 11 is 0. The van der Waals surface area contributed by atoms with Gasteiger partial charge >= 0.3 is 0 Å². The van der Waals surface area contributed by atoms with E-state index in [0.717, 1.165) is 12.4 Å². The van der Waals surface area contributed by atoms with Crippen molar-refractivity contribution in [3.63, 3.8) is 0 Å². The molecule has 1 atom stereocenters. The standard InChI is InChI=1S/C12H23F2N5O/c1-9(2)6-19-12(16-8-17-19)5-10(18-15)3-4-20-7-11(13)14/h8-11,18H,3-7,15H2,1-2H3. The van der Waals surface area contributed by atoms with Crippen molar-refractivity contribution in [2.75, 3.05) is 13.2 Å². The van der Waals surface area contributed by atoms with Crippen LogP contribution < -0.4 is 11.3 Å². The fraction of sp³-hybridized carbons (Fsp3) is 0.833. The van der Waals surface area contributed by atoms with Crippen molar-refractivity contribution in [2.45, 2.75) is 45.7 Å². The first-order valence-electron chi connectivity index (χ1n) is 6.71. The Labute approximate surface area is 117 Å². The zero-order valence-electron chi connectivity index (χ0n) is 11.9. The van der Waals surface area contributed by atoms with E-state index in [1.54, 1.807) is 0 Å². The Kier molecular flexibility index (Phi) is 7.56. The molecule has 0 amide bonds. The number of rotatable bonds is 10. The zero-order chi connectivity index (χ0) is 15.0. The summed E-state index contributed by atoms with van der Waals surface area (Å²) in [5.74, 6) is 6.77. The first kappa shape index (κ1) is 16.9. The molecule has 0 aliphatic rings. The molecule has 3 N–H and O–H groups in total. The largest absolute Gasteiger partial charge is 0.375 e. The van der Waals surface area contributed by atoms with E-state index < -0.39 is 13.0 Å². The molecular formula is C12H23F2N5O. The molecule has 6 nitrogen and oxygen atoms in total. The number of alkyl halides is 2. The summed E-state index contributed by atoms with van der Waals surface area (Å²) < 4.78 is 30.6. The number of hydrogen-bond acceptors (Lipinski definition) is 5. The van der Waals surface area contributed by atoms with Crippen LogP contribution in [0.5, 0.6) is 0 Å². The zero-order valence-corrected chi connectivity index (χ0v) is 11.9. The summed E-state index contributed by atoms with van der Waals surface area (Å²) in [5.41, 5.74) is 2.66. The van der Waals surface area contributed by atoms with Crippen molar-refractivity contribution < 1.29 is 13.5 Å². The quantitative estimate of drug-likeness (QED) is 0.382. The van der Waals surface area contributed by atoms with Gasteiger partial charge in [0.05, 0.1) is 0 Å². The molecule has 0 bridgehead atoms. The summed E-state index contributed by atoms with van der Waals surface area (Å²) in [6, 6.07) is -0.0808. The average molecular weight is 291 g/mol. The molecule has 116 valence electrons. The van der Waals surface area contributed by atoms with Crippen molar-refractivity contribution in [3.8, 4) is 0 Å². The van der Waals surface area contributed by atoms with Crippen LogP contribution in [0.25, 0.3) is 0 Å². The highest BCUT2D eigenvalue weighted by atomic mass is 19.3.